The van der Waals surface area contributed by atoms with Gasteiger partial charge in [-0.1, -0.05) is 12.1 Å². The zero-order chi connectivity index (χ0) is 16.9. The van der Waals surface area contributed by atoms with Crippen LogP contribution in [-0.4, -0.2) is 25.2 Å². The van der Waals surface area contributed by atoms with E-state index in [0.29, 0.717) is 0 Å². The molecule has 1 aromatic rings. The Hall–Kier alpha value is -2.31. The molecule has 0 aromatic heterocycles. The van der Waals surface area contributed by atoms with Crippen LogP contribution in [0.25, 0.3) is 6.08 Å². The summed E-state index contributed by atoms with van der Waals surface area (Å²) < 4.78 is 48.4. The number of hydrogen-bond acceptors (Lipinski definition) is 4. The fourth-order valence-electron chi connectivity index (χ4n) is 1.67. The number of methoxy groups -OCH3 is 1. The quantitative estimate of drug-likeness (QED) is 0.630. The number of halogens is 3. The number of alkyl halides is 3. The van der Waals surface area contributed by atoms with Gasteiger partial charge in [0, 0.05) is 6.08 Å². The second kappa shape index (κ2) is 7.11. The number of ether oxygens (including phenoxy) is 2. The molecule has 4 nitrogen and oxygen atoms in total. The van der Waals surface area contributed by atoms with Gasteiger partial charge in [-0.2, -0.15) is 13.2 Å². The highest BCUT2D eigenvalue weighted by Crippen LogP contribution is 2.34. The van der Waals surface area contributed by atoms with Crippen molar-refractivity contribution in [3.05, 3.63) is 41.0 Å². The molecule has 7 heteroatoms. The van der Waals surface area contributed by atoms with Gasteiger partial charge in [0.1, 0.15) is 0 Å². The van der Waals surface area contributed by atoms with E-state index in [-0.39, 0.29) is 5.56 Å². The summed E-state index contributed by atoms with van der Waals surface area (Å²) in [5.74, 6) is -1.85. The Morgan fingerprint density at radius 2 is 1.86 bits per heavy atom. The van der Waals surface area contributed by atoms with Gasteiger partial charge in [0.15, 0.2) is 0 Å². The number of hydrogen-bond donors (Lipinski definition) is 0. The van der Waals surface area contributed by atoms with Gasteiger partial charge in [0.25, 0.3) is 0 Å². The highest BCUT2D eigenvalue weighted by molar-refractivity contribution is 5.97. The van der Waals surface area contributed by atoms with E-state index >= 15 is 0 Å². The minimum absolute atomic E-state index is 0.0779. The molecule has 0 aliphatic carbocycles. The largest absolute Gasteiger partial charge is 0.466 e. The topological polar surface area (TPSA) is 52.6 Å². The lowest BCUT2D eigenvalue weighted by atomic mass is 10.00. The molecule has 0 atom stereocenters. The van der Waals surface area contributed by atoms with Gasteiger partial charge in [-0.3, -0.25) is 0 Å². The molecular weight excluding hydrogens is 301 g/mol. The Kier molecular flexibility index (Phi) is 5.73. The van der Waals surface area contributed by atoms with Crippen molar-refractivity contribution in [1.29, 1.82) is 0 Å². The normalized spacial score (nSPS) is 11.8. The first-order valence-corrected chi connectivity index (χ1v) is 6.34. The molecular formula is C15H15F3O4. The Balaban J connectivity index is 3.41. The van der Waals surface area contributed by atoms with E-state index in [2.05, 4.69) is 4.74 Å². The molecule has 0 spiro atoms. The van der Waals surface area contributed by atoms with Gasteiger partial charge in [0.05, 0.1) is 24.3 Å². The van der Waals surface area contributed by atoms with Crippen molar-refractivity contribution in [2.24, 2.45) is 0 Å². The predicted octanol–water partition coefficient (Wildman–Crippen LogP) is 3.46. The van der Waals surface area contributed by atoms with E-state index in [4.69, 9.17) is 4.74 Å². The number of esters is 2. The highest BCUT2D eigenvalue weighted by Gasteiger charge is 2.36. The maximum absolute atomic E-state index is 13.1. The van der Waals surface area contributed by atoms with E-state index in [0.717, 1.165) is 31.4 Å². The summed E-state index contributed by atoms with van der Waals surface area (Å²) >= 11 is 0. The van der Waals surface area contributed by atoms with Crippen LogP contribution < -0.4 is 0 Å². The fourth-order valence-corrected chi connectivity index (χ4v) is 1.67. The molecule has 0 aliphatic rings. The van der Waals surface area contributed by atoms with Crippen LogP contribution in [0.3, 0.4) is 0 Å². The molecule has 0 fully saturated rings. The van der Waals surface area contributed by atoms with Crippen molar-refractivity contribution >= 4 is 18.0 Å². The second-order valence-electron chi connectivity index (χ2n) is 4.58. The van der Waals surface area contributed by atoms with Crippen LogP contribution >= 0.6 is 0 Å². The first kappa shape index (κ1) is 17.7. The first-order valence-electron chi connectivity index (χ1n) is 6.34. The minimum atomic E-state index is -4.72. The zero-order valence-corrected chi connectivity index (χ0v) is 12.2. The Morgan fingerprint density at radius 1 is 1.23 bits per heavy atom. The summed E-state index contributed by atoms with van der Waals surface area (Å²) in [6, 6.07) is 3.21. The second-order valence-corrected chi connectivity index (χ2v) is 4.58. The molecule has 0 aliphatic heterocycles. The maximum Gasteiger partial charge on any atom is 0.417 e. The Bertz CT molecular complexity index is 589. The van der Waals surface area contributed by atoms with Gasteiger partial charge in [-0.15, -0.1) is 0 Å². The molecule has 0 heterocycles. The molecule has 0 unspecified atom stereocenters. The van der Waals surface area contributed by atoms with Crippen LogP contribution in [0.2, 0.25) is 0 Å². The molecule has 0 radical (unpaired) electrons. The monoisotopic (exact) mass is 316 g/mol. The number of carbonyl (C=O) groups excluding carboxylic acids is 2. The zero-order valence-electron chi connectivity index (χ0n) is 12.2. The van der Waals surface area contributed by atoms with Crippen molar-refractivity contribution in [1.82, 2.24) is 0 Å². The van der Waals surface area contributed by atoms with E-state index in [1.165, 1.54) is 19.9 Å². The minimum Gasteiger partial charge on any atom is -0.466 e. The standard InChI is InChI=1S/C15H15F3O4/c1-9(2)22-14(20)13-10(7-8-12(19)21-3)5-4-6-11(13)15(16,17)18/h4-9H,1-3H3. The van der Waals surface area contributed by atoms with Crippen molar-refractivity contribution in [3.63, 3.8) is 0 Å². The third-order valence-corrected chi connectivity index (χ3v) is 2.55. The lowest BCUT2D eigenvalue weighted by molar-refractivity contribution is -0.138. The van der Waals surface area contributed by atoms with Crippen LogP contribution in [0.5, 0.6) is 0 Å². The predicted molar refractivity (Wildman–Crippen MR) is 73.0 cm³/mol. The number of rotatable bonds is 4. The third kappa shape index (κ3) is 4.61. The summed E-state index contributed by atoms with van der Waals surface area (Å²) in [6.07, 6.45) is -3.29. The average molecular weight is 316 g/mol. The van der Waals surface area contributed by atoms with Crippen molar-refractivity contribution in [2.45, 2.75) is 26.1 Å². The van der Waals surface area contributed by atoms with Crippen LogP contribution in [0.15, 0.2) is 24.3 Å². The van der Waals surface area contributed by atoms with Gasteiger partial charge < -0.3 is 9.47 Å². The molecule has 22 heavy (non-hydrogen) atoms. The fraction of sp³-hybridized carbons (Fsp3) is 0.333. The van der Waals surface area contributed by atoms with E-state index in [1.54, 1.807) is 0 Å². The van der Waals surface area contributed by atoms with Crippen LogP contribution in [0.4, 0.5) is 13.2 Å². The summed E-state index contributed by atoms with van der Waals surface area (Å²) in [7, 11) is 1.13. The SMILES string of the molecule is COC(=O)C=Cc1cccc(C(F)(F)F)c1C(=O)OC(C)C. The van der Waals surface area contributed by atoms with Gasteiger partial charge in [-0.05, 0) is 31.6 Å². The summed E-state index contributed by atoms with van der Waals surface area (Å²) in [5, 5.41) is 0. The summed E-state index contributed by atoms with van der Waals surface area (Å²) in [6.45, 7) is 3.05. The van der Waals surface area contributed by atoms with Gasteiger partial charge >= 0.3 is 18.1 Å². The summed E-state index contributed by atoms with van der Waals surface area (Å²) in [5.41, 5.74) is -1.83. The van der Waals surface area contributed by atoms with Crippen LogP contribution in [-0.2, 0) is 20.4 Å². The molecule has 0 amide bonds. The maximum atomic E-state index is 13.1. The smallest absolute Gasteiger partial charge is 0.417 e. The number of benzene rings is 1. The molecule has 1 rings (SSSR count). The van der Waals surface area contributed by atoms with Gasteiger partial charge in [0.2, 0.25) is 0 Å². The average Bonchev–Trinajstić information content (AvgIpc) is 2.42. The Labute approximate surface area is 125 Å². The van der Waals surface area contributed by atoms with Crippen LogP contribution in [0, 0.1) is 0 Å². The molecule has 120 valence electrons. The van der Waals surface area contributed by atoms with E-state index < -0.39 is 35.3 Å². The number of carbonyl (C=O) groups is 2. The summed E-state index contributed by atoms with van der Waals surface area (Å²) in [4.78, 5) is 23.1. The first-order chi connectivity index (χ1) is 10.2. The molecule has 1 aromatic carbocycles. The third-order valence-electron chi connectivity index (χ3n) is 2.55. The van der Waals surface area contributed by atoms with Crippen molar-refractivity contribution in [2.75, 3.05) is 7.11 Å². The molecule has 0 N–H and O–H groups in total. The highest BCUT2D eigenvalue weighted by atomic mass is 19.4. The van der Waals surface area contributed by atoms with Crippen molar-refractivity contribution in [3.8, 4) is 0 Å². The van der Waals surface area contributed by atoms with Gasteiger partial charge in [-0.25, -0.2) is 9.59 Å². The Morgan fingerprint density at radius 3 is 2.36 bits per heavy atom. The van der Waals surface area contributed by atoms with E-state index in [1.807, 2.05) is 0 Å². The van der Waals surface area contributed by atoms with Crippen LogP contribution in [0.1, 0.15) is 35.3 Å². The molecule has 0 bridgehead atoms. The van der Waals surface area contributed by atoms with Crippen molar-refractivity contribution < 1.29 is 32.2 Å². The van der Waals surface area contributed by atoms with E-state index in [9.17, 15) is 22.8 Å². The lowest BCUT2D eigenvalue weighted by Gasteiger charge is -2.16. The molecule has 0 saturated carbocycles. The lowest BCUT2D eigenvalue weighted by Crippen LogP contribution is -2.19. The molecule has 0 saturated heterocycles.